The molecule has 3 heterocycles. The van der Waals surface area contributed by atoms with Crippen molar-refractivity contribution in [2.24, 2.45) is 0 Å². The van der Waals surface area contributed by atoms with Gasteiger partial charge in [0, 0.05) is 24.5 Å². The fourth-order valence-electron chi connectivity index (χ4n) is 3.42. The van der Waals surface area contributed by atoms with Gasteiger partial charge in [-0.2, -0.15) is 0 Å². The number of carbonyl (C=O) groups is 1. The molecule has 2 aliphatic heterocycles. The molecule has 0 saturated carbocycles. The standard InChI is InChI=1S/C19H19NO4/c1-12-4-5-13(23-12)10-17-18(22)14-6-7-16(21)15(19(14)24-17)11-20-8-2-3-9-20/h4-7,10,21H,2-3,8-9,11H2,1H3/b17-10-. The van der Waals surface area contributed by atoms with Crippen molar-refractivity contribution in [1.82, 2.24) is 0 Å². The molecule has 0 aliphatic carbocycles. The molecule has 0 amide bonds. The third-order valence-corrected chi connectivity index (χ3v) is 4.67. The Morgan fingerprint density at radius 3 is 2.71 bits per heavy atom. The average molecular weight is 325 g/mol. The van der Waals surface area contributed by atoms with Crippen LogP contribution in [0.5, 0.6) is 11.5 Å². The maximum absolute atomic E-state index is 12.6. The van der Waals surface area contributed by atoms with E-state index in [0.29, 0.717) is 29.2 Å². The van der Waals surface area contributed by atoms with Gasteiger partial charge in [-0.15, -0.1) is 0 Å². The molecule has 0 atom stereocenters. The van der Waals surface area contributed by atoms with E-state index >= 15 is 0 Å². The summed E-state index contributed by atoms with van der Waals surface area (Å²) in [5.41, 5.74) is 1.08. The Hall–Kier alpha value is -2.53. The quantitative estimate of drug-likeness (QED) is 0.868. The van der Waals surface area contributed by atoms with Crippen molar-refractivity contribution in [3.63, 3.8) is 0 Å². The minimum absolute atomic E-state index is 0.0592. The van der Waals surface area contributed by atoms with E-state index in [1.807, 2.05) is 13.0 Å². The van der Waals surface area contributed by atoms with E-state index in [1.165, 1.54) is 23.8 Å². The molecule has 0 spiro atoms. The molecule has 0 unspecified atom stereocenters. The summed E-state index contributed by atoms with van der Waals surface area (Å²) in [7, 11) is 0. The molecule has 1 fully saturated rings. The number of benzene rings is 1. The van der Waals surface area contributed by atoms with Gasteiger partial charge in [0.15, 0.2) is 5.76 Å². The highest BCUT2D eigenvalue weighted by Crippen LogP contribution is 2.38. The van der Waals surface area contributed by atoms with Crippen LogP contribution in [0.2, 0.25) is 0 Å². The van der Waals surface area contributed by atoms with Crippen LogP contribution < -0.4 is 14.7 Å². The maximum Gasteiger partial charge on any atom is 0.232 e. The number of likely N-dealkylation sites (tertiary alicyclic amines) is 1. The minimum atomic E-state index is -0.197. The fraction of sp³-hybridized carbons (Fsp3) is 0.316. The number of allylic oxidation sites excluding steroid dienone is 1. The Kier molecular flexibility index (Phi) is 3.65. The Morgan fingerprint density at radius 1 is 1.21 bits per heavy atom. The number of rotatable bonds is 3. The summed E-state index contributed by atoms with van der Waals surface area (Å²) in [6.07, 6.45) is 3.95. The van der Waals surface area contributed by atoms with E-state index in [-0.39, 0.29) is 17.3 Å². The summed E-state index contributed by atoms with van der Waals surface area (Å²) in [4.78, 5) is 13.9. The SMILES string of the molecule is Cc1ccc(/C=C2\Oc3c(ccc([O-])c3C[NH+]3CCCC3)C2=O)o1. The van der Waals surface area contributed by atoms with Crippen LogP contribution in [0.25, 0.3) is 6.08 Å². The normalized spacial score (nSPS) is 19.0. The lowest BCUT2D eigenvalue weighted by Crippen LogP contribution is -3.08. The number of Topliss-reactive ketones (excluding diaryl/α,β-unsaturated/α-hetero) is 1. The lowest BCUT2D eigenvalue weighted by atomic mass is 10.0. The number of furan rings is 1. The molecule has 1 aromatic carbocycles. The number of fused-ring (bicyclic) bond motifs is 1. The fourth-order valence-corrected chi connectivity index (χ4v) is 3.42. The zero-order valence-corrected chi connectivity index (χ0v) is 13.6. The van der Waals surface area contributed by atoms with Gasteiger partial charge in [-0.3, -0.25) is 4.79 Å². The van der Waals surface area contributed by atoms with Crippen LogP contribution in [-0.4, -0.2) is 18.9 Å². The first-order valence-electron chi connectivity index (χ1n) is 8.29. The summed E-state index contributed by atoms with van der Waals surface area (Å²) >= 11 is 0. The smallest absolute Gasteiger partial charge is 0.232 e. The molecule has 5 heteroatoms. The summed E-state index contributed by atoms with van der Waals surface area (Å²) in [5, 5.41) is 12.3. The Bertz CT molecular complexity index is 828. The number of ether oxygens (including phenoxy) is 1. The molecule has 2 aliphatic rings. The third kappa shape index (κ3) is 2.61. The van der Waals surface area contributed by atoms with Crippen LogP contribution in [0.4, 0.5) is 0 Å². The molecule has 24 heavy (non-hydrogen) atoms. The zero-order chi connectivity index (χ0) is 16.7. The van der Waals surface area contributed by atoms with Crippen molar-refractivity contribution >= 4 is 11.9 Å². The van der Waals surface area contributed by atoms with Crippen molar-refractivity contribution in [1.29, 1.82) is 0 Å². The number of aryl methyl sites for hydroxylation is 1. The molecular weight excluding hydrogens is 306 g/mol. The summed E-state index contributed by atoms with van der Waals surface area (Å²) < 4.78 is 11.3. The highest BCUT2D eigenvalue weighted by Gasteiger charge is 2.31. The third-order valence-electron chi connectivity index (χ3n) is 4.67. The van der Waals surface area contributed by atoms with E-state index in [4.69, 9.17) is 9.15 Å². The molecule has 5 nitrogen and oxygen atoms in total. The van der Waals surface area contributed by atoms with E-state index in [0.717, 1.165) is 18.8 Å². The second-order valence-electron chi connectivity index (χ2n) is 6.44. The highest BCUT2D eigenvalue weighted by atomic mass is 16.5. The van der Waals surface area contributed by atoms with Crippen molar-refractivity contribution < 1.29 is 24.0 Å². The van der Waals surface area contributed by atoms with Gasteiger partial charge in [0.05, 0.1) is 18.7 Å². The van der Waals surface area contributed by atoms with Gasteiger partial charge in [0.1, 0.15) is 23.8 Å². The highest BCUT2D eigenvalue weighted by molar-refractivity contribution is 6.14. The molecule has 4 rings (SSSR count). The molecule has 1 saturated heterocycles. The molecule has 1 aromatic heterocycles. The van der Waals surface area contributed by atoms with Gasteiger partial charge in [-0.1, -0.05) is 11.8 Å². The first-order valence-corrected chi connectivity index (χ1v) is 8.29. The van der Waals surface area contributed by atoms with Gasteiger partial charge in [-0.25, -0.2) is 0 Å². The predicted molar refractivity (Wildman–Crippen MR) is 85.9 cm³/mol. The number of nitrogens with one attached hydrogen (secondary N) is 1. The number of hydrogen-bond donors (Lipinski definition) is 1. The lowest BCUT2D eigenvalue weighted by molar-refractivity contribution is -0.901. The van der Waals surface area contributed by atoms with Gasteiger partial charge >= 0.3 is 0 Å². The minimum Gasteiger partial charge on any atom is -0.872 e. The van der Waals surface area contributed by atoms with Crippen LogP contribution in [0.3, 0.4) is 0 Å². The van der Waals surface area contributed by atoms with Crippen LogP contribution in [0.15, 0.2) is 34.4 Å². The molecule has 2 aromatic rings. The molecule has 1 N–H and O–H groups in total. The largest absolute Gasteiger partial charge is 0.872 e. The van der Waals surface area contributed by atoms with Gasteiger partial charge in [0.2, 0.25) is 5.78 Å². The molecule has 0 bridgehead atoms. The van der Waals surface area contributed by atoms with Crippen LogP contribution in [-0.2, 0) is 6.54 Å². The molecule has 0 radical (unpaired) electrons. The summed E-state index contributed by atoms with van der Waals surface area (Å²) in [6.45, 7) is 4.58. The second kappa shape index (κ2) is 5.83. The van der Waals surface area contributed by atoms with Crippen molar-refractivity contribution in [2.75, 3.05) is 13.1 Å². The van der Waals surface area contributed by atoms with Gasteiger partial charge in [-0.05, 0) is 25.1 Å². The number of quaternary nitrogens is 1. The predicted octanol–water partition coefficient (Wildman–Crippen LogP) is 1.46. The van der Waals surface area contributed by atoms with Gasteiger partial charge in [0.25, 0.3) is 0 Å². The first-order chi connectivity index (χ1) is 11.6. The first kappa shape index (κ1) is 15.0. The monoisotopic (exact) mass is 325 g/mol. The van der Waals surface area contributed by atoms with Crippen molar-refractivity contribution in [2.45, 2.75) is 26.3 Å². The van der Waals surface area contributed by atoms with Gasteiger partial charge < -0.3 is 19.2 Å². The zero-order valence-electron chi connectivity index (χ0n) is 13.6. The number of carbonyl (C=O) groups excluding carboxylic acids is 1. The molecular formula is C19H19NO4. The van der Waals surface area contributed by atoms with Crippen molar-refractivity contribution in [3.05, 3.63) is 52.7 Å². The second-order valence-corrected chi connectivity index (χ2v) is 6.44. The van der Waals surface area contributed by atoms with E-state index in [2.05, 4.69) is 0 Å². The van der Waals surface area contributed by atoms with E-state index < -0.39 is 0 Å². The van der Waals surface area contributed by atoms with Crippen molar-refractivity contribution in [3.8, 4) is 11.5 Å². The number of hydrogen-bond acceptors (Lipinski definition) is 4. The van der Waals surface area contributed by atoms with E-state index in [9.17, 15) is 9.90 Å². The summed E-state index contributed by atoms with van der Waals surface area (Å²) in [6, 6.07) is 6.66. The average Bonchev–Trinajstić information content (AvgIpc) is 3.26. The topological polar surface area (TPSA) is 66.9 Å². The Labute approximate surface area is 140 Å². The van der Waals surface area contributed by atoms with Crippen LogP contribution >= 0.6 is 0 Å². The van der Waals surface area contributed by atoms with Crippen LogP contribution in [0, 0.1) is 6.92 Å². The maximum atomic E-state index is 12.6. The number of ketones is 1. The van der Waals surface area contributed by atoms with Crippen LogP contribution in [0.1, 0.15) is 40.3 Å². The Morgan fingerprint density at radius 2 is 2.00 bits per heavy atom. The summed E-state index contributed by atoms with van der Waals surface area (Å²) in [5.74, 6) is 1.72. The lowest BCUT2D eigenvalue weighted by Gasteiger charge is -2.19. The van der Waals surface area contributed by atoms with E-state index in [1.54, 1.807) is 18.2 Å². The molecule has 124 valence electrons. The Balaban J connectivity index is 1.68.